The largest absolute Gasteiger partial charge is 0.503 e. The lowest BCUT2D eigenvalue weighted by Gasteiger charge is -2.29. The van der Waals surface area contributed by atoms with Gasteiger partial charge in [-0.3, -0.25) is 19.4 Å². The first-order valence-corrected chi connectivity index (χ1v) is 11.6. The number of rotatable bonds is 7. The molecule has 198 valence electrons. The highest BCUT2D eigenvalue weighted by atomic mass is 16.6. The average Bonchev–Trinajstić information content (AvgIpc) is 2.91. The van der Waals surface area contributed by atoms with E-state index in [1.807, 2.05) is 0 Å². The summed E-state index contributed by atoms with van der Waals surface area (Å²) < 4.78 is 21.5. The minimum atomic E-state index is -1.43. The summed E-state index contributed by atoms with van der Waals surface area (Å²) in [5.74, 6) is -5.27. The van der Waals surface area contributed by atoms with Crippen molar-refractivity contribution in [1.82, 2.24) is 15.3 Å². The molecule has 1 amide bonds. The highest BCUT2D eigenvalue weighted by Gasteiger charge is 2.42. The van der Waals surface area contributed by atoms with Crippen LogP contribution in [0.1, 0.15) is 37.0 Å². The molecular weight excluding hydrogens is 486 g/mol. The molecule has 0 unspecified atom stereocenters. The summed E-state index contributed by atoms with van der Waals surface area (Å²) in [5, 5.41) is 12.6. The molecule has 0 bridgehead atoms. The zero-order valence-electron chi connectivity index (χ0n) is 20.9. The van der Waals surface area contributed by atoms with E-state index in [4.69, 9.17) is 18.9 Å². The Morgan fingerprint density at radius 2 is 1.92 bits per heavy atom. The van der Waals surface area contributed by atoms with Gasteiger partial charge in [0.05, 0.1) is 13.0 Å². The maximum Gasteiger partial charge on any atom is 0.332 e. The normalized spacial score (nSPS) is 22.1. The highest BCUT2D eigenvalue weighted by Crippen LogP contribution is 2.28. The number of hydrogen-bond acceptors (Lipinski definition) is 11. The zero-order valence-corrected chi connectivity index (χ0v) is 20.9. The van der Waals surface area contributed by atoms with Crippen molar-refractivity contribution in [3.63, 3.8) is 0 Å². The van der Waals surface area contributed by atoms with Crippen LogP contribution in [0.3, 0.4) is 0 Å². The molecule has 2 N–H and O–H groups in total. The molecular formula is C25H29N3O9. The van der Waals surface area contributed by atoms with Crippen LogP contribution < -0.4 is 10.1 Å². The summed E-state index contributed by atoms with van der Waals surface area (Å²) in [6.07, 6.45) is 0.606. The third-order valence-electron chi connectivity index (χ3n) is 5.65. The van der Waals surface area contributed by atoms with Gasteiger partial charge >= 0.3 is 17.9 Å². The number of nitrogens with zero attached hydrogens (tertiary/aromatic N) is 2. The first-order valence-electron chi connectivity index (χ1n) is 11.6. The summed E-state index contributed by atoms with van der Waals surface area (Å²) in [5.41, 5.74) is 0.139. The average molecular weight is 516 g/mol. The monoisotopic (exact) mass is 515 g/mol. The Hall–Kier alpha value is -4.22. The van der Waals surface area contributed by atoms with Gasteiger partial charge in [0.15, 0.2) is 29.3 Å². The Balaban J connectivity index is 1.87. The number of aromatic hydroxyl groups is 1. The van der Waals surface area contributed by atoms with E-state index >= 15 is 0 Å². The number of carbonyl (C=O) groups excluding carboxylic acids is 4. The fraction of sp³-hybridized carbons (Fsp3) is 0.440. The molecule has 2 aromatic heterocycles. The van der Waals surface area contributed by atoms with Gasteiger partial charge in [-0.25, -0.2) is 9.78 Å². The van der Waals surface area contributed by atoms with E-state index in [0.29, 0.717) is 5.69 Å². The standard InChI is InChI=1S/C25H29N3O9/c1-13(2)23(31)37-21-14(3)36-25(33)17(28-22(30)19-20(29)18(34-4)8-10-27-19)12-35-24(32)16(21)11-15-7-5-6-9-26-15/h5-10,13-14,16-17,21,29H,11-12H2,1-4H3,(H,28,30)/t14-,16+,17-,21-/m0/s1. The highest BCUT2D eigenvalue weighted by molar-refractivity contribution is 5.98. The van der Waals surface area contributed by atoms with Crippen molar-refractivity contribution in [2.24, 2.45) is 11.8 Å². The van der Waals surface area contributed by atoms with Crippen LogP contribution in [0.5, 0.6) is 11.5 Å². The lowest BCUT2D eigenvalue weighted by Crippen LogP contribution is -2.47. The van der Waals surface area contributed by atoms with Crippen LogP contribution in [0.4, 0.5) is 0 Å². The van der Waals surface area contributed by atoms with Crippen LogP contribution >= 0.6 is 0 Å². The van der Waals surface area contributed by atoms with Gasteiger partial charge in [0.2, 0.25) is 0 Å². The molecule has 1 saturated heterocycles. The predicted molar refractivity (Wildman–Crippen MR) is 126 cm³/mol. The lowest BCUT2D eigenvalue weighted by atomic mass is 9.92. The van der Waals surface area contributed by atoms with E-state index in [9.17, 15) is 24.3 Å². The number of hydrogen-bond donors (Lipinski definition) is 2. The Morgan fingerprint density at radius 3 is 2.57 bits per heavy atom. The molecule has 1 aliphatic rings. The van der Waals surface area contributed by atoms with Crippen molar-refractivity contribution in [2.75, 3.05) is 13.7 Å². The number of cyclic esters (lactones) is 2. The van der Waals surface area contributed by atoms with Gasteiger partial charge < -0.3 is 29.4 Å². The van der Waals surface area contributed by atoms with Crippen molar-refractivity contribution < 1.29 is 43.2 Å². The number of amides is 1. The number of methoxy groups -OCH3 is 1. The number of ether oxygens (including phenoxy) is 4. The summed E-state index contributed by atoms with van der Waals surface area (Å²) in [6.45, 7) is 4.18. The van der Waals surface area contributed by atoms with Crippen molar-refractivity contribution in [3.8, 4) is 11.5 Å². The molecule has 12 heteroatoms. The Labute approximate surface area is 213 Å². The number of aromatic nitrogens is 2. The number of pyridine rings is 2. The zero-order chi connectivity index (χ0) is 27.1. The summed E-state index contributed by atoms with van der Waals surface area (Å²) in [7, 11) is 1.30. The fourth-order valence-corrected chi connectivity index (χ4v) is 3.62. The fourth-order valence-electron chi connectivity index (χ4n) is 3.62. The van der Waals surface area contributed by atoms with Gasteiger partial charge in [-0.05, 0) is 19.1 Å². The van der Waals surface area contributed by atoms with E-state index in [0.717, 1.165) is 0 Å². The SMILES string of the molecule is COc1ccnc(C(=O)N[C@H]2COC(=O)[C@H](Cc3ccccn3)[C@@H](OC(=O)C(C)C)[C@H](C)OC2=O)c1O. The number of carbonyl (C=O) groups is 4. The van der Waals surface area contributed by atoms with Crippen LogP contribution in [-0.4, -0.2) is 70.9 Å². The van der Waals surface area contributed by atoms with Gasteiger partial charge in [0.1, 0.15) is 18.6 Å². The van der Waals surface area contributed by atoms with Crippen LogP contribution in [0.15, 0.2) is 36.7 Å². The quantitative estimate of drug-likeness (QED) is 0.402. The Bertz CT molecular complexity index is 1140. The number of esters is 3. The molecule has 1 fully saturated rings. The maximum absolute atomic E-state index is 13.2. The van der Waals surface area contributed by atoms with Gasteiger partial charge in [-0.2, -0.15) is 0 Å². The Kier molecular flexibility index (Phi) is 8.99. The first kappa shape index (κ1) is 27.4. The third-order valence-corrected chi connectivity index (χ3v) is 5.65. The van der Waals surface area contributed by atoms with Gasteiger partial charge in [0, 0.05) is 30.6 Å². The van der Waals surface area contributed by atoms with E-state index in [2.05, 4.69) is 15.3 Å². The second-order valence-corrected chi connectivity index (χ2v) is 8.70. The smallest absolute Gasteiger partial charge is 0.332 e. The molecule has 12 nitrogen and oxygen atoms in total. The molecule has 37 heavy (non-hydrogen) atoms. The van der Waals surface area contributed by atoms with Crippen molar-refractivity contribution in [3.05, 3.63) is 48.0 Å². The van der Waals surface area contributed by atoms with Gasteiger partial charge in [0.25, 0.3) is 5.91 Å². The topological polar surface area (TPSA) is 163 Å². The minimum Gasteiger partial charge on any atom is -0.503 e. The molecule has 3 rings (SSSR count). The van der Waals surface area contributed by atoms with Crippen LogP contribution in [0.2, 0.25) is 0 Å². The number of nitrogens with one attached hydrogen (secondary N) is 1. The van der Waals surface area contributed by atoms with E-state index in [1.165, 1.54) is 26.3 Å². The maximum atomic E-state index is 13.2. The van der Waals surface area contributed by atoms with Crippen LogP contribution in [0.25, 0.3) is 0 Å². The summed E-state index contributed by atoms with van der Waals surface area (Å²) >= 11 is 0. The molecule has 0 aliphatic carbocycles. The second kappa shape index (κ2) is 12.2. The summed E-state index contributed by atoms with van der Waals surface area (Å²) in [4.78, 5) is 59.4. The lowest BCUT2D eigenvalue weighted by molar-refractivity contribution is -0.176. The molecule has 2 aromatic rings. The molecule has 3 heterocycles. The molecule has 1 aliphatic heterocycles. The van der Waals surface area contributed by atoms with Crippen LogP contribution in [0, 0.1) is 11.8 Å². The van der Waals surface area contributed by atoms with Crippen molar-refractivity contribution >= 4 is 23.8 Å². The van der Waals surface area contributed by atoms with Crippen LogP contribution in [-0.2, 0) is 35.0 Å². The second-order valence-electron chi connectivity index (χ2n) is 8.70. The molecule has 4 atom stereocenters. The third kappa shape index (κ3) is 6.72. The van der Waals surface area contributed by atoms with E-state index in [-0.39, 0.29) is 12.2 Å². The molecule has 0 saturated carbocycles. The Morgan fingerprint density at radius 1 is 1.16 bits per heavy atom. The van der Waals surface area contributed by atoms with Crippen molar-refractivity contribution in [2.45, 2.75) is 45.4 Å². The van der Waals surface area contributed by atoms with Gasteiger partial charge in [-0.15, -0.1) is 0 Å². The van der Waals surface area contributed by atoms with Crippen molar-refractivity contribution in [1.29, 1.82) is 0 Å². The summed E-state index contributed by atoms with van der Waals surface area (Å²) in [6, 6.07) is 5.09. The van der Waals surface area contributed by atoms with E-state index in [1.54, 1.807) is 38.2 Å². The van der Waals surface area contributed by atoms with E-state index < -0.39 is 72.0 Å². The molecule has 0 radical (unpaired) electrons. The molecule has 0 spiro atoms. The first-order chi connectivity index (χ1) is 17.6. The minimum absolute atomic E-state index is 0.00409. The van der Waals surface area contributed by atoms with Gasteiger partial charge in [-0.1, -0.05) is 19.9 Å². The predicted octanol–water partition coefficient (Wildman–Crippen LogP) is 1.20. The molecule has 0 aromatic carbocycles.